The molecule has 1 aliphatic rings. The van der Waals surface area contributed by atoms with Crippen LogP contribution in [0.2, 0.25) is 0 Å². The first-order valence-corrected chi connectivity index (χ1v) is 8.30. The van der Waals surface area contributed by atoms with E-state index < -0.39 is 0 Å². The first-order valence-electron chi connectivity index (χ1n) is 8.30. The number of rotatable bonds is 6. The average molecular weight is 311 g/mol. The van der Waals surface area contributed by atoms with Crippen LogP contribution in [0.4, 0.5) is 0 Å². The summed E-state index contributed by atoms with van der Waals surface area (Å²) in [7, 11) is 0. The van der Waals surface area contributed by atoms with Gasteiger partial charge in [0.25, 0.3) is 0 Å². The molecule has 1 heterocycles. The highest BCUT2D eigenvalue weighted by atomic mass is 15.1. The summed E-state index contributed by atoms with van der Waals surface area (Å²) in [5.41, 5.74) is 8.37. The van der Waals surface area contributed by atoms with Crippen LogP contribution in [0, 0.1) is 12.8 Å². The highest BCUT2D eigenvalue weighted by Crippen LogP contribution is 2.24. The highest BCUT2D eigenvalue weighted by molar-refractivity contribution is 5.77. The van der Waals surface area contributed by atoms with Crippen molar-refractivity contribution in [3.8, 4) is 0 Å². The van der Waals surface area contributed by atoms with Gasteiger partial charge in [0.15, 0.2) is 5.96 Å². The van der Waals surface area contributed by atoms with Gasteiger partial charge in [0.1, 0.15) is 5.82 Å². The third-order valence-electron chi connectivity index (χ3n) is 4.50. The van der Waals surface area contributed by atoms with Crippen molar-refractivity contribution in [1.29, 1.82) is 0 Å². The zero-order valence-electron chi connectivity index (χ0n) is 13.7. The lowest BCUT2D eigenvalue weighted by Gasteiger charge is -2.25. The van der Waals surface area contributed by atoms with Crippen LogP contribution >= 0.6 is 0 Å². The number of nitrogens with two attached hydrogens (primary N) is 1. The number of aryl methyl sites for hydroxylation is 1. The number of hydrogen-bond acceptors (Lipinski definition) is 2. The zero-order chi connectivity index (χ0) is 16.1. The van der Waals surface area contributed by atoms with Gasteiger partial charge in [0, 0.05) is 25.5 Å². The summed E-state index contributed by atoms with van der Waals surface area (Å²) >= 11 is 0. The smallest absolute Gasteiger partial charge is 0.188 e. The lowest BCUT2D eigenvalue weighted by molar-refractivity contribution is 0.315. The largest absolute Gasteiger partial charge is 0.370 e. The third kappa shape index (κ3) is 4.34. The Morgan fingerprint density at radius 3 is 2.91 bits per heavy atom. The molecule has 5 nitrogen and oxygen atoms in total. The number of hydrogen-bond donors (Lipinski definition) is 2. The van der Waals surface area contributed by atoms with E-state index in [0.717, 1.165) is 24.8 Å². The Bertz CT molecular complexity index is 670. The van der Waals surface area contributed by atoms with Crippen LogP contribution in [0.1, 0.15) is 36.2 Å². The number of benzene rings is 1. The van der Waals surface area contributed by atoms with Gasteiger partial charge < -0.3 is 15.6 Å². The Kier molecular flexibility index (Phi) is 4.95. The van der Waals surface area contributed by atoms with Crippen LogP contribution in [-0.4, -0.2) is 22.1 Å². The van der Waals surface area contributed by atoms with Gasteiger partial charge in [-0.25, -0.2) is 9.98 Å². The second kappa shape index (κ2) is 7.31. The molecule has 1 saturated carbocycles. The summed E-state index contributed by atoms with van der Waals surface area (Å²) < 4.78 is 2.14. The van der Waals surface area contributed by atoms with Gasteiger partial charge >= 0.3 is 0 Å². The van der Waals surface area contributed by atoms with E-state index in [2.05, 4.69) is 44.1 Å². The summed E-state index contributed by atoms with van der Waals surface area (Å²) in [6, 6.07) is 8.48. The fourth-order valence-electron chi connectivity index (χ4n) is 2.77. The molecule has 0 unspecified atom stereocenters. The van der Waals surface area contributed by atoms with Crippen molar-refractivity contribution in [3.05, 3.63) is 53.6 Å². The van der Waals surface area contributed by atoms with E-state index in [1.807, 2.05) is 19.3 Å². The number of nitrogens with one attached hydrogen (secondary N) is 1. The first kappa shape index (κ1) is 15.6. The molecule has 5 heteroatoms. The van der Waals surface area contributed by atoms with Crippen molar-refractivity contribution in [3.63, 3.8) is 0 Å². The van der Waals surface area contributed by atoms with Gasteiger partial charge in [-0.05, 0) is 36.8 Å². The molecule has 0 aliphatic heterocycles. The lowest BCUT2D eigenvalue weighted by atomic mass is 9.85. The molecule has 3 N–H and O–H groups in total. The van der Waals surface area contributed by atoms with Crippen LogP contribution in [0.25, 0.3) is 0 Å². The maximum absolute atomic E-state index is 5.94. The minimum Gasteiger partial charge on any atom is -0.370 e. The maximum atomic E-state index is 5.94. The number of aromatic nitrogens is 2. The van der Waals surface area contributed by atoms with Gasteiger partial charge in [-0.1, -0.05) is 30.7 Å². The van der Waals surface area contributed by atoms with Crippen LogP contribution in [-0.2, 0) is 13.1 Å². The molecule has 122 valence electrons. The normalized spacial score (nSPS) is 15.4. The Morgan fingerprint density at radius 2 is 2.22 bits per heavy atom. The first-order chi connectivity index (χ1) is 11.2. The highest BCUT2D eigenvalue weighted by Gasteiger charge is 2.16. The quantitative estimate of drug-likeness (QED) is 0.636. The Labute approximate surface area is 137 Å². The molecule has 0 bridgehead atoms. The molecule has 0 atom stereocenters. The molecule has 2 aromatic rings. The van der Waals surface area contributed by atoms with Crippen molar-refractivity contribution in [2.45, 2.75) is 39.3 Å². The van der Waals surface area contributed by atoms with Crippen LogP contribution < -0.4 is 11.1 Å². The van der Waals surface area contributed by atoms with Gasteiger partial charge in [-0.3, -0.25) is 0 Å². The summed E-state index contributed by atoms with van der Waals surface area (Å²) in [5.74, 6) is 2.36. The molecular formula is C18H25N5. The van der Waals surface area contributed by atoms with Gasteiger partial charge in [-0.15, -0.1) is 0 Å². The van der Waals surface area contributed by atoms with Crippen molar-refractivity contribution >= 4 is 5.96 Å². The zero-order valence-corrected chi connectivity index (χ0v) is 13.7. The van der Waals surface area contributed by atoms with E-state index in [9.17, 15) is 0 Å². The van der Waals surface area contributed by atoms with Crippen molar-refractivity contribution in [2.24, 2.45) is 16.6 Å². The average Bonchev–Trinajstić information content (AvgIpc) is 2.89. The predicted octanol–water partition coefficient (Wildman–Crippen LogP) is 2.44. The van der Waals surface area contributed by atoms with Crippen LogP contribution in [0.3, 0.4) is 0 Å². The van der Waals surface area contributed by atoms with Crippen molar-refractivity contribution in [1.82, 2.24) is 14.9 Å². The molecule has 0 amide bonds. The number of guanidine groups is 1. The minimum absolute atomic E-state index is 0.549. The van der Waals surface area contributed by atoms with Crippen LogP contribution in [0.5, 0.6) is 0 Å². The number of aliphatic imine (C=N–C) groups is 1. The second-order valence-electron chi connectivity index (χ2n) is 6.30. The lowest BCUT2D eigenvalue weighted by Crippen LogP contribution is -2.37. The summed E-state index contributed by atoms with van der Waals surface area (Å²) in [6.45, 7) is 4.41. The van der Waals surface area contributed by atoms with Crippen LogP contribution in [0.15, 0.2) is 41.7 Å². The summed E-state index contributed by atoms with van der Waals surface area (Å²) in [5, 5.41) is 3.23. The van der Waals surface area contributed by atoms with Gasteiger partial charge in [-0.2, -0.15) is 0 Å². The second-order valence-corrected chi connectivity index (χ2v) is 6.30. The summed E-state index contributed by atoms with van der Waals surface area (Å²) in [4.78, 5) is 8.70. The standard InChI is InChI=1S/C18H25N5/c1-14-20-8-9-23(14)13-17-7-3-6-16(10-17)12-22-18(19)21-11-15-4-2-5-15/h3,6-10,15H,2,4-5,11-13H2,1H3,(H3,19,21,22). The van der Waals surface area contributed by atoms with Gasteiger partial charge in [0.05, 0.1) is 6.54 Å². The van der Waals surface area contributed by atoms with E-state index in [-0.39, 0.29) is 0 Å². The fraction of sp³-hybridized carbons (Fsp3) is 0.444. The number of nitrogens with zero attached hydrogens (tertiary/aromatic N) is 3. The molecule has 1 fully saturated rings. The maximum Gasteiger partial charge on any atom is 0.188 e. The Balaban J connectivity index is 1.55. The molecule has 23 heavy (non-hydrogen) atoms. The molecule has 1 aromatic carbocycles. The molecule has 1 aromatic heterocycles. The van der Waals surface area contributed by atoms with Crippen molar-refractivity contribution < 1.29 is 0 Å². The molecule has 3 rings (SSSR count). The Hall–Kier alpha value is -2.30. The fourth-order valence-corrected chi connectivity index (χ4v) is 2.77. The topological polar surface area (TPSA) is 68.2 Å². The van der Waals surface area contributed by atoms with E-state index in [1.54, 1.807) is 0 Å². The van der Waals surface area contributed by atoms with E-state index in [4.69, 9.17) is 5.73 Å². The number of imidazole rings is 1. The monoisotopic (exact) mass is 311 g/mol. The van der Waals surface area contributed by atoms with Crippen molar-refractivity contribution in [2.75, 3.05) is 6.54 Å². The predicted molar refractivity (Wildman–Crippen MR) is 93.2 cm³/mol. The Morgan fingerprint density at radius 1 is 1.39 bits per heavy atom. The molecule has 0 radical (unpaired) electrons. The minimum atomic E-state index is 0.549. The van der Waals surface area contributed by atoms with E-state index >= 15 is 0 Å². The van der Waals surface area contributed by atoms with E-state index in [1.165, 1.54) is 30.4 Å². The molecule has 0 spiro atoms. The molecule has 1 aliphatic carbocycles. The van der Waals surface area contributed by atoms with E-state index in [0.29, 0.717) is 12.5 Å². The third-order valence-corrected chi connectivity index (χ3v) is 4.50. The molecular weight excluding hydrogens is 286 g/mol. The molecule has 0 saturated heterocycles. The summed E-state index contributed by atoms with van der Waals surface area (Å²) in [6.07, 6.45) is 7.82. The SMILES string of the molecule is Cc1nccn1Cc1cccc(CN=C(N)NCC2CCC2)c1. The van der Waals surface area contributed by atoms with Gasteiger partial charge in [0.2, 0.25) is 0 Å².